The van der Waals surface area contributed by atoms with Crippen LogP contribution in [0.1, 0.15) is 70.8 Å². The first-order valence-corrected chi connectivity index (χ1v) is 10.5. The van der Waals surface area contributed by atoms with Crippen LogP contribution >= 0.6 is 22.7 Å². The number of thiazole rings is 2. The Morgan fingerprint density at radius 1 is 1.04 bits per heavy atom. The predicted molar refractivity (Wildman–Crippen MR) is 107 cm³/mol. The van der Waals surface area contributed by atoms with Gasteiger partial charge in [-0.2, -0.15) is 0 Å². The van der Waals surface area contributed by atoms with Crippen molar-refractivity contribution in [1.29, 1.82) is 0 Å². The first-order valence-electron chi connectivity index (χ1n) is 8.75. The van der Waals surface area contributed by atoms with E-state index in [9.17, 15) is 9.59 Å². The summed E-state index contributed by atoms with van der Waals surface area (Å²) in [4.78, 5) is 34.5. The van der Waals surface area contributed by atoms with Crippen molar-refractivity contribution < 1.29 is 14.7 Å². The summed E-state index contributed by atoms with van der Waals surface area (Å²) in [6, 6.07) is -0.217. The number of carboxylic acid groups (broad SMARTS) is 1. The lowest BCUT2D eigenvalue weighted by molar-refractivity contribution is 0.0680. The van der Waals surface area contributed by atoms with Crippen LogP contribution in [0.5, 0.6) is 0 Å². The number of nitrogens with one attached hydrogen (secondary N) is 1. The van der Waals surface area contributed by atoms with Crippen molar-refractivity contribution in [3.63, 3.8) is 0 Å². The third-order valence-corrected chi connectivity index (χ3v) is 6.19. The maximum Gasteiger partial charge on any atom is 0.355 e. The van der Waals surface area contributed by atoms with Crippen LogP contribution in [-0.2, 0) is 0 Å². The molecule has 2 aromatic heterocycles. The Morgan fingerprint density at radius 2 is 1.59 bits per heavy atom. The fraction of sp³-hybridized carbons (Fsp3) is 0.556. The molecule has 2 N–H and O–H groups in total. The van der Waals surface area contributed by atoms with Crippen LogP contribution in [0, 0.1) is 11.8 Å². The second-order valence-corrected chi connectivity index (χ2v) is 8.84. The molecule has 0 unspecified atom stereocenters. The van der Waals surface area contributed by atoms with E-state index < -0.39 is 5.97 Å². The molecule has 27 heavy (non-hydrogen) atoms. The van der Waals surface area contributed by atoms with Gasteiger partial charge in [-0.3, -0.25) is 4.79 Å². The van der Waals surface area contributed by atoms with Gasteiger partial charge in [0, 0.05) is 17.8 Å². The Bertz CT molecular complexity index is 800. The van der Waals surface area contributed by atoms with Crippen LogP contribution in [0.2, 0.25) is 0 Å². The minimum absolute atomic E-state index is 0.00578. The van der Waals surface area contributed by atoms with E-state index in [4.69, 9.17) is 5.11 Å². The number of hydrogen-bond acceptors (Lipinski definition) is 7. The molecule has 7 nitrogen and oxygen atoms in total. The van der Waals surface area contributed by atoms with Crippen LogP contribution in [0.4, 0.5) is 0 Å². The van der Waals surface area contributed by atoms with Gasteiger partial charge < -0.3 is 15.3 Å². The lowest BCUT2D eigenvalue weighted by Gasteiger charge is -2.29. The van der Waals surface area contributed by atoms with Gasteiger partial charge in [0.25, 0.3) is 5.91 Å². The Morgan fingerprint density at radius 3 is 2.07 bits per heavy atom. The van der Waals surface area contributed by atoms with Crippen molar-refractivity contribution in [2.45, 2.75) is 39.8 Å². The third kappa shape index (κ3) is 4.72. The average molecular weight is 411 g/mol. The van der Waals surface area contributed by atoms with Gasteiger partial charge >= 0.3 is 5.97 Å². The summed E-state index contributed by atoms with van der Waals surface area (Å²) in [6.45, 7) is 8.18. The molecule has 0 aliphatic carbocycles. The number of aromatic nitrogens is 2. The minimum atomic E-state index is -1.06. The van der Waals surface area contributed by atoms with E-state index in [0.29, 0.717) is 16.6 Å². The molecule has 9 heteroatoms. The van der Waals surface area contributed by atoms with Crippen molar-refractivity contribution in [3.8, 4) is 0 Å². The second-order valence-electron chi connectivity index (χ2n) is 7.06. The van der Waals surface area contributed by atoms with E-state index in [2.05, 4.69) is 29.1 Å². The summed E-state index contributed by atoms with van der Waals surface area (Å²) in [5.41, 5.74) is 0.408. The SMILES string of the molecule is CN[C@H](c1nc(C(=O)N(C)[C@H](c2nc(C(=O)O)cs2)C(C)C)cs1)C(C)C. The molecule has 0 aliphatic heterocycles. The van der Waals surface area contributed by atoms with Crippen LogP contribution in [0.3, 0.4) is 0 Å². The number of carboxylic acids is 1. The summed E-state index contributed by atoms with van der Waals surface area (Å²) in [5.74, 6) is -0.826. The van der Waals surface area contributed by atoms with Crippen LogP contribution in [0.15, 0.2) is 10.8 Å². The van der Waals surface area contributed by atoms with E-state index in [1.54, 1.807) is 17.3 Å². The first kappa shape index (κ1) is 21.5. The van der Waals surface area contributed by atoms with E-state index >= 15 is 0 Å². The highest BCUT2D eigenvalue weighted by Crippen LogP contribution is 2.32. The summed E-state index contributed by atoms with van der Waals surface area (Å²) in [7, 11) is 3.60. The zero-order chi connectivity index (χ0) is 20.3. The van der Waals surface area contributed by atoms with E-state index in [1.165, 1.54) is 28.1 Å². The molecule has 2 atom stereocenters. The summed E-state index contributed by atoms with van der Waals surface area (Å²) >= 11 is 2.73. The molecule has 2 rings (SSSR count). The molecular weight excluding hydrogens is 384 g/mol. The zero-order valence-corrected chi connectivity index (χ0v) is 18.0. The van der Waals surface area contributed by atoms with E-state index in [0.717, 1.165) is 5.01 Å². The van der Waals surface area contributed by atoms with Gasteiger partial charge in [-0.15, -0.1) is 22.7 Å². The third-order valence-electron chi connectivity index (χ3n) is 4.35. The number of carbonyl (C=O) groups is 2. The van der Waals surface area contributed by atoms with Crippen LogP contribution < -0.4 is 5.32 Å². The molecule has 1 amide bonds. The van der Waals surface area contributed by atoms with Gasteiger partial charge in [-0.05, 0) is 18.9 Å². The number of nitrogens with zero attached hydrogens (tertiary/aromatic N) is 3. The second kappa shape index (κ2) is 8.90. The quantitative estimate of drug-likeness (QED) is 0.689. The Kier molecular flexibility index (Phi) is 7.07. The normalized spacial score (nSPS) is 13.8. The molecule has 0 spiro atoms. The van der Waals surface area contributed by atoms with Crippen LogP contribution in [0.25, 0.3) is 0 Å². The van der Waals surface area contributed by atoms with Crippen molar-refractivity contribution >= 4 is 34.6 Å². The predicted octanol–water partition coefficient (Wildman–Crippen LogP) is 3.68. The van der Waals surface area contributed by atoms with Gasteiger partial charge in [-0.25, -0.2) is 14.8 Å². The number of rotatable bonds is 8. The van der Waals surface area contributed by atoms with Gasteiger partial charge in [0.2, 0.25) is 0 Å². The smallest absolute Gasteiger partial charge is 0.355 e. The van der Waals surface area contributed by atoms with Gasteiger partial charge in [0.05, 0.1) is 12.1 Å². The number of carbonyl (C=O) groups excluding carboxylic acids is 1. The van der Waals surface area contributed by atoms with Crippen molar-refractivity contribution in [2.75, 3.05) is 14.1 Å². The molecule has 0 saturated carbocycles. The maximum atomic E-state index is 13.0. The maximum absolute atomic E-state index is 13.0. The topological polar surface area (TPSA) is 95.4 Å². The van der Waals surface area contributed by atoms with Gasteiger partial charge in [0.15, 0.2) is 5.69 Å². The van der Waals surface area contributed by atoms with Crippen molar-refractivity contribution in [1.82, 2.24) is 20.2 Å². The average Bonchev–Trinajstić information content (AvgIpc) is 3.24. The van der Waals surface area contributed by atoms with E-state index in [1.807, 2.05) is 20.9 Å². The minimum Gasteiger partial charge on any atom is -0.476 e. The standard InChI is InChI=1S/C18H26N4O3S2/c1-9(2)13(19-5)15-20-11(7-26-15)17(23)22(6)14(10(3)4)16-21-12(8-27-16)18(24)25/h7-10,13-14,19H,1-6H3,(H,24,25)/t13-,14-/m0/s1. The number of aromatic carboxylic acids is 1. The molecule has 0 aliphatic rings. The molecule has 0 radical (unpaired) electrons. The molecular formula is C18H26N4O3S2. The monoisotopic (exact) mass is 410 g/mol. The summed E-state index contributed by atoms with van der Waals surface area (Å²) < 4.78 is 0. The molecule has 0 aromatic carbocycles. The Hall–Kier alpha value is -1.84. The van der Waals surface area contributed by atoms with Crippen molar-refractivity contribution in [2.24, 2.45) is 11.8 Å². The molecule has 2 aromatic rings. The Labute approximate surface area is 167 Å². The highest BCUT2D eigenvalue weighted by Gasteiger charge is 2.30. The van der Waals surface area contributed by atoms with E-state index in [-0.39, 0.29) is 29.6 Å². The summed E-state index contributed by atoms with van der Waals surface area (Å²) in [5, 5.41) is 17.1. The highest BCUT2D eigenvalue weighted by atomic mass is 32.1. The van der Waals surface area contributed by atoms with Gasteiger partial charge in [0.1, 0.15) is 15.7 Å². The van der Waals surface area contributed by atoms with Crippen LogP contribution in [-0.4, -0.2) is 45.9 Å². The fourth-order valence-corrected chi connectivity index (χ4v) is 5.18. The highest BCUT2D eigenvalue weighted by molar-refractivity contribution is 7.10. The molecule has 0 bridgehead atoms. The van der Waals surface area contributed by atoms with Crippen molar-refractivity contribution in [3.05, 3.63) is 32.2 Å². The lowest BCUT2D eigenvalue weighted by Crippen LogP contribution is -2.34. The molecule has 0 saturated heterocycles. The largest absolute Gasteiger partial charge is 0.476 e. The molecule has 148 valence electrons. The first-order chi connectivity index (χ1) is 12.7. The number of hydrogen-bond donors (Lipinski definition) is 2. The number of amides is 1. The Balaban J connectivity index is 2.27. The molecule has 2 heterocycles. The van der Waals surface area contributed by atoms with Gasteiger partial charge in [-0.1, -0.05) is 27.7 Å². The fourth-order valence-electron chi connectivity index (χ4n) is 3.00. The zero-order valence-electron chi connectivity index (χ0n) is 16.4. The molecule has 0 fully saturated rings. The lowest BCUT2D eigenvalue weighted by atomic mass is 10.0. The summed E-state index contributed by atoms with van der Waals surface area (Å²) in [6.07, 6.45) is 0.